The Kier molecular flexibility index (Phi) is 3.93. The van der Waals surface area contributed by atoms with Gasteiger partial charge in [-0.2, -0.15) is 0 Å². The summed E-state index contributed by atoms with van der Waals surface area (Å²) in [6.45, 7) is 10.5. The fraction of sp³-hybridized carbons (Fsp3) is 0.692. The van der Waals surface area contributed by atoms with E-state index in [0.29, 0.717) is 12.5 Å². The van der Waals surface area contributed by atoms with E-state index in [4.69, 9.17) is 4.74 Å². The van der Waals surface area contributed by atoms with E-state index in [9.17, 15) is 4.79 Å². The summed E-state index contributed by atoms with van der Waals surface area (Å²) >= 11 is 5.01. The van der Waals surface area contributed by atoms with Crippen molar-refractivity contribution in [1.82, 2.24) is 9.88 Å². The summed E-state index contributed by atoms with van der Waals surface area (Å²) < 4.78 is 6.37. The zero-order chi connectivity index (χ0) is 14.4. The maximum absolute atomic E-state index is 12.3. The van der Waals surface area contributed by atoms with Crippen molar-refractivity contribution in [3.63, 3.8) is 0 Å². The van der Waals surface area contributed by atoms with E-state index in [2.05, 4.69) is 34.8 Å². The van der Waals surface area contributed by atoms with Crippen LogP contribution in [-0.4, -0.2) is 21.6 Å². The van der Waals surface area contributed by atoms with E-state index in [0.717, 1.165) is 14.5 Å². The van der Waals surface area contributed by atoms with Gasteiger partial charge in [0.15, 0.2) is 3.92 Å². The molecule has 0 bridgehead atoms. The van der Waals surface area contributed by atoms with Gasteiger partial charge in [0.2, 0.25) is 0 Å². The van der Waals surface area contributed by atoms with Crippen molar-refractivity contribution in [3.05, 3.63) is 14.5 Å². The van der Waals surface area contributed by atoms with E-state index in [1.165, 1.54) is 0 Å². The monoisotopic (exact) mass is 346 g/mol. The highest BCUT2D eigenvalue weighted by Gasteiger charge is 2.40. The minimum atomic E-state index is -0.470. The first-order valence-corrected chi connectivity index (χ1v) is 7.94. The number of hydrogen-bond acceptors (Lipinski definition) is 4. The number of carbonyl (C=O) groups is 1. The fourth-order valence-electron chi connectivity index (χ4n) is 2.25. The Hall–Kier alpha value is -0.620. The third-order valence-corrected chi connectivity index (χ3v) is 4.40. The third kappa shape index (κ3) is 3.11. The zero-order valence-electron chi connectivity index (χ0n) is 11.9. The lowest BCUT2D eigenvalue weighted by Gasteiger charge is -2.30. The lowest BCUT2D eigenvalue weighted by Crippen LogP contribution is -2.37. The molecule has 19 heavy (non-hydrogen) atoms. The number of amides is 1. The van der Waals surface area contributed by atoms with Gasteiger partial charge in [-0.05, 0) is 42.6 Å². The first-order chi connectivity index (χ1) is 8.69. The second-order valence-electron chi connectivity index (χ2n) is 6.07. The second-order valence-corrected chi connectivity index (χ2v) is 8.43. The van der Waals surface area contributed by atoms with Crippen LogP contribution in [0.15, 0.2) is 3.92 Å². The minimum Gasteiger partial charge on any atom is -0.444 e. The molecule has 1 aromatic rings. The number of aromatic nitrogens is 1. The van der Waals surface area contributed by atoms with Gasteiger partial charge in [-0.3, -0.25) is 4.90 Å². The first-order valence-electron chi connectivity index (χ1n) is 6.34. The molecule has 0 saturated heterocycles. The van der Waals surface area contributed by atoms with Crippen LogP contribution in [0.5, 0.6) is 0 Å². The molecule has 0 aliphatic carbocycles. The second kappa shape index (κ2) is 5.05. The van der Waals surface area contributed by atoms with Crippen LogP contribution in [0.3, 0.4) is 0 Å². The molecule has 0 N–H and O–H groups in total. The Morgan fingerprint density at radius 3 is 2.68 bits per heavy atom. The van der Waals surface area contributed by atoms with E-state index in [1.807, 2.05) is 20.8 Å². The lowest BCUT2D eigenvalue weighted by atomic mass is 10.0. The molecular weight excluding hydrogens is 328 g/mol. The minimum absolute atomic E-state index is 0.00685. The molecular formula is C13H19BrN2O2S. The maximum Gasteiger partial charge on any atom is 0.411 e. The summed E-state index contributed by atoms with van der Waals surface area (Å²) in [5.41, 5.74) is 0.542. The number of hydrogen-bond donors (Lipinski definition) is 0. The molecule has 6 heteroatoms. The quantitative estimate of drug-likeness (QED) is 0.758. The highest BCUT2D eigenvalue weighted by atomic mass is 79.9. The van der Waals surface area contributed by atoms with E-state index < -0.39 is 5.60 Å². The number of rotatable bonds is 1. The van der Waals surface area contributed by atoms with Crippen molar-refractivity contribution < 1.29 is 9.53 Å². The summed E-state index contributed by atoms with van der Waals surface area (Å²) in [5, 5.41) is 0. The van der Waals surface area contributed by atoms with Crippen molar-refractivity contribution in [1.29, 1.82) is 0 Å². The Balaban J connectivity index is 2.24. The zero-order valence-corrected chi connectivity index (χ0v) is 14.3. The Labute approximate surface area is 126 Å². The largest absolute Gasteiger partial charge is 0.444 e. The van der Waals surface area contributed by atoms with Crippen molar-refractivity contribution in [2.75, 3.05) is 0 Å². The molecule has 1 atom stereocenters. The predicted molar refractivity (Wildman–Crippen MR) is 79.2 cm³/mol. The molecule has 4 nitrogen and oxygen atoms in total. The van der Waals surface area contributed by atoms with Crippen LogP contribution < -0.4 is 0 Å². The molecule has 106 valence electrons. The summed E-state index contributed by atoms with van der Waals surface area (Å²) in [5.74, 6) is 0.308. The molecule has 1 aromatic heterocycles. The highest BCUT2D eigenvalue weighted by Crippen LogP contribution is 2.42. The SMILES string of the molecule is CC(C)C1c2nc(Br)sc2CN1C(=O)OC(C)(C)C. The summed E-state index contributed by atoms with van der Waals surface area (Å²) in [6, 6.07) is 0.00685. The molecule has 1 aliphatic rings. The standard InChI is InChI=1S/C13H19BrN2O2S/c1-7(2)10-9-8(19-11(14)15-9)6-16(10)12(17)18-13(3,4)5/h7,10H,6H2,1-5H3. The van der Waals surface area contributed by atoms with Crippen molar-refractivity contribution in [3.8, 4) is 0 Å². The number of ether oxygens (including phenoxy) is 1. The molecule has 0 radical (unpaired) electrons. The van der Waals surface area contributed by atoms with Gasteiger partial charge in [0.1, 0.15) is 5.60 Å². The van der Waals surface area contributed by atoms with Crippen LogP contribution in [0, 0.1) is 5.92 Å². The van der Waals surface area contributed by atoms with Crippen LogP contribution in [-0.2, 0) is 11.3 Å². The molecule has 2 heterocycles. The number of nitrogens with zero attached hydrogens (tertiary/aromatic N) is 2. The average molecular weight is 347 g/mol. The molecule has 0 aromatic carbocycles. The van der Waals surface area contributed by atoms with Gasteiger partial charge in [-0.1, -0.05) is 13.8 Å². The predicted octanol–water partition coefficient (Wildman–Crippen LogP) is 4.35. The Morgan fingerprint density at radius 1 is 1.53 bits per heavy atom. The summed E-state index contributed by atoms with van der Waals surface area (Å²) in [6.07, 6.45) is -0.257. The van der Waals surface area contributed by atoms with E-state index >= 15 is 0 Å². The molecule has 2 rings (SSSR count). The number of fused-ring (bicyclic) bond motifs is 1. The highest BCUT2D eigenvalue weighted by molar-refractivity contribution is 9.11. The maximum atomic E-state index is 12.3. The topological polar surface area (TPSA) is 42.4 Å². The van der Waals surface area contributed by atoms with Gasteiger partial charge in [0.25, 0.3) is 0 Å². The molecule has 0 saturated carbocycles. The van der Waals surface area contributed by atoms with Gasteiger partial charge in [-0.25, -0.2) is 9.78 Å². The van der Waals surface area contributed by atoms with E-state index in [-0.39, 0.29) is 12.1 Å². The van der Waals surface area contributed by atoms with Crippen molar-refractivity contribution >= 4 is 33.4 Å². The Morgan fingerprint density at radius 2 is 2.16 bits per heavy atom. The molecule has 1 aliphatic heterocycles. The van der Waals surface area contributed by atoms with Crippen LogP contribution in [0.4, 0.5) is 4.79 Å². The number of thiazole rings is 1. The fourth-order valence-corrected chi connectivity index (χ4v) is 3.85. The van der Waals surface area contributed by atoms with Gasteiger partial charge in [0, 0.05) is 0 Å². The van der Waals surface area contributed by atoms with Gasteiger partial charge in [-0.15, -0.1) is 11.3 Å². The van der Waals surface area contributed by atoms with Crippen LogP contribution >= 0.6 is 27.3 Å². The van der Waals surface area contributed by atoms with Gasteiger partial charge in [0.05, 0.1) is 23.2 Å². The molecule has 1 unspecified atom stereocenters. The summed E-state index contributed by atoms with van der Waals surface area (Å²) in [7, 11) is 0. The number of halogens is 1. The van der Waals surface area contributed by atoms with Crippen molar-refractivity contribution in [2.24, 2.45) is 5.92 Å². The van der Waals surface area contributed by atoms with Gasteiger partial charge < -0.3 is 4.74 Å². The molecule has 0 spiro atoms. The van der Waals surface area contributed by atoms with Crippen LogP contribution in [0.25, 0.3) is 0 Å². The average Bonchev–Trinajstić information content (AvgIpc) is 2.69. The first kappa shape index (κ1) is 14.8. The van der Waals surface area contributed by atoms with Crippen LogP contribution in [0.2, 0.25) is 0 Å². The smallest absolute Gasteiger partial charge is 0.411 e. The molecule has 1 amide bonds. The van der Waals surface area contributed by atoms with Gasteiger partial charge >= 0.3 is 6.09 Å². The Bertz CT molecular complexity index is 493. The summed E-state index contributed by atoms with van der Waals surface area (Å²) in [4.78, 5) is 19.7. The number of carbonyl (C=O) groups excluding carboxylic acids is 1. The normalized spacial score (nSPS) is 18.9. The lowest BCUT2D eigenvalue weighted by molar-refractivity contribution is 0.0124. The third-order valence-electron chi connectivity index (χ3n) is 2.89. The van der Waals surface area contributed by atoms with Crippen molar-refractivity contribution in [2.45, 2.75) is 52.8 Å². The molecule has 0 fully saturated rings. The van der Waals surface area contributed by atoms with E-state index in [1.54, 1.807) is 16.2 Å². The van der Waals surface area contributed by atoms with Crippen LogP contribution in [0.1, 0.15) is 51.2 Å².